The summed E-state index contributed by atoms with van der Waals surface area (Å²) >= 11 is 0. The predicted octanol–water partition coefficient (Wildman–Crippen LogP) is 2.12. The standard InChI is InChI=1S/C13H19FN2O2S/c1-12(2)11(13(12,3)4)16-19(17,18)10-7-8(15)5-6-9(10)14/h5-7,11,16H,15H2,1-4H3. The largest absolute Gasteiger partial charge is 0.399 e. The van der Waals surface area contributed by atoms with Crippen molar-refractivity contribution in [2.24, 2.45) is 10.8 Å². The molecule has 0 bridgehead atoms. The summed E-state index contributed by atoms with van der Waals surface area (Å²) in [5.41, 5.74) is 5.43. The van der Waals surface area contributed by atoms with Gasteiger partial charge in [-0.2, -0.15) is 0 Å². The Bertz CT molecular complexity index is 610. The van der Waals surface area contributed by atoms with Gasteiger partial charge in [-0.3, -0.25) is 0 Å². The summed E-state index contributed by atoms with van der Waals surface area (Å²) in [6.45, 7) is 7.93. The van der Waals surface area contributed by atoms with E-state index in [4.69, 9.17) is 5.73 Å². The van der Waals surface area contributed by atoms with E-state index in [1.165, 1.54) is 6.07 Å². The van der Waals surface area contributed by atoms with E-state index in [-0.39, 0.29) is 22.6 Å². The Labute approximate surface area is 113 Å². The average Bonchev–Trinajstić information content (AvgIpc) is 2.64. The zero-order chi connectivity index (χ0) is 14.6. The average molecular weight is 286 g/mol. The molecule has 1 fully saturated rings. The zero-order valence-corrected chi connectivity index (χ0v) is 12.3. The molecule has 4 nitrogen and oxygen atoms in total. The van der Waals surface area contributed by atoms with E-state index in [9.17, 15) is 12.8 Å². The van der Waals surface area contributed by atoms with Crippen molar-refractivity contribution in [1.29, 1.82) is 0 Å². The summed E-state index contributed by atoms with van der Waals surface area (Å²) in [5.74, 6) is -0.794. The Morgan fingerprint density at radius 3 is 2.21 bits per heavy atom. The zero-order valence-electron chi connectivity index (χ0n) is 11.5. The molecule has 1 aromatic rings. The Kier molecular flexibility index (Phi) is 2.95. The molecule has 0 atom stereocenters. The van der Waals surface area contributed by atoms with Crippen molar-refractivity contribution >= 4 is 15.7 Å². The van der Waals surface area contributed by atoms with Gasteiger partial charge in [0, 0.05) is 11.7 Å². The van der Waals surface area contributed by atoms with Crippen molar-refractivity contribution < 1.29 is 12.8 Å². The number of nitrogen functional groups attached to an aromatic ring is 1. The number of nitrogens with one attached hydrogen (secondary N) is 1. The molecule has 0 aromatic heterocycles. The minimum Gasteiger partial charge on any atom is -0.399 e. The van der Waals surface area contributed by atoms with Crippen LogP contribution in [0.3, 0.4) is 0 Å². The van der Waals surface area contributed by atoms with Gasteiger partial charge in [-0.25, -0.2) is 17.5 Å². The van der Waals surface area contributed by atoms with Crippen LogP contribution in [-0.4, -0.2) is 14.5 Å². The van der Waals surface area contributed by atoms with E-state index in [0.717, 1.165) is 12.1 Å². The minimum atomic E-state index is -3.90. The first-order valence-electron chi connectivity index (χ1n) is 6.07. The molecule has 0 saturated heterocycles. The normalized spacial score (nSPS) is 21.3. The Morgan fingerprint density at radius 2 is 1.74 bits per heavy atom. The summed E-state index contributed by atoms with van der Waals surface area (Å²) in [4.78, 5) is -0.397. The summed E-state index contributed by atoms with van der Waals surface area (Å²) in [6, 6.07) is 3.32. The maximum atomic E-state index is 13.6. The number of anilines is 1. The van der Waals surface area contributed by atoms with Crippen molar-refractivity contribution in [3.63, 3.8) is 0 Å². The van der Waals surface area contributed by atoms with Crippen LogP contribution in [-0.2, 0) is 10.0 Å². The Morgan fingerprint density at radius 1 is 1.21 bits per heavy atom. The van der Waals surface area contributed by atoms with Crippen LogP contribution >= 0.6 is 0 Å². The molecule has 1 aliphatic rings. The van der Waals surface area contributed by atoms with Crippen LogP contribution < -0.4 is 10.5 Å². The van der Waals surface area contributed by atoms with E-state index < -0.39 is 20.7 Å². The van der Waals surface area contributed by atoms with Gasteiger partial charge in [0.15, 0.2) is 0 Å². The molecule has 2 rings (SSSR count). The molecule has 19 heavy (non-hydrogen) atoms. The minimum absolute atomic E-state index is 0.156. The number of hydrogen-bond acceptors (Lipinski definition) is 3. The third-order valence-electron chi connectivity index (χ3n) is 4.54. The van der Waals surface area contributed by atoms with Gasteiger partial charge in [-0.1, -0.05) is 27.7 Å². The summed E-state index contributed by atoms with van der Waals surface area (Å²) in [6.07, 6.45) is 0. The van der Waals surface area contributed by atoms with Crippen LogP contribution in [0.5, 0.6) is 0 Å². The molecule has 3 N–H and O–H groups in total. The van der Waals surface area contributed by atoms with Crippen molar-refractivity contribution in [3.8, 4) is 0 Å². The molecule has 1 saturated carbocycles. The van der Waals surface area contributed by atoms with Gasteiger partial charge >= 0.3 is 0 Å². The fraction of sp³-hybridized carbons (Fsp3) is 0.538. The first-order valence-corrected chi connectivity index (χ1v) is 7.56. The van der Waals surface area contributed by atoms with Crippen LogP contribution in [0.1, 0.15) is 27.7 Å². The fourth-order valence-electron chi connectivity index (χ4n) is 2.44. The van der Waals surface area contributed by atoms with Crippen LogP contribution in [0.2, 0.25) is 0 Å². The Hall–Kier alpha value is -1.14. The highest BCUT2D eigenvalue weighted by Crippen LogP contribution is 2.62. The molecule has 0 spiro atoms. The number of hydrogen-bond donors (Lipinski definition) is 2. The smallest absolute Gasteiger partial charge is 0.243 e. The second-order valence-corrected chi connectivity index (χ2v) is 7.87. The lowest BCUT2D eigenvalue weighted by Gasteiger charge is -2.09. The second-order valence-electron chi connectivity index (χ2n) is 6.19. The third-order valence-corrected chi connectivity index (χ3v) is 5.98. The number of rotatable bonds is 3. The van der Waals surface area contributed by atoms with E-state index >= 15 is 0 Å². The third kappa shape index (κ3) is 2.12. The molecule has 0 unspecified atom stereocenters. The van der Waals surface area contributed by atoms with Gasteiger partial charge in [-0.05, 0) is 29.0 Å². The second kappa shape index (κ2) is 3.93. The SMILES string of the molecule is CC1(C)C(NS(=O)(=O)c2cc(N)ccc2F)C1(C)C. The monoisotopic (exact) mass is 286 g/mol. The topological polar surface area (TPSA) is 72.2 Å². The van der Waals surface area contributed by atoms with Gasteiger partial charge in [0.25, 0.3) is 0 Å². The summed E-state index contributed by atoms with van der Waals surface area (Å²) in [5, 5.41) is 0. The first-order chi connectivity index (χ1) is 8.50. The lowest BCUT2D eigenvalue weighted by Crippen LogP contribution is -2.30. The highest BCUT2D eigenvalue weighted by Gasteiger charge is 2.66. The number of halogens is 1. The van der Waals surface area contributed by atoms with Crippen LogP contribution in [0.25, 0.3) is 0 Å². The highest BCUT2D eigenvalue weighted by molar-refractivity contribution is 7.89. The number of nitrogens with two attached hydrogens (primary N) is 1. The highest BCUT2D eigenvalue weighted by atomic mass is 32.2. The lowest BCUT2D eigenvalue weighted by atomic mass is 10.0. The molecule has 6 heteroatoms. The van der Waals surface area contributed by atoms with Gasteiger partial charge < -0.3 is 5.73 Å². The fourth-order valence-corrected chi connectivity index (χ4v) is 4.08. The molecule has 0 radical (unpaired) electrons. The maximum absolute atomic E-state index is 13.6. The van der Waals surface area contributed by atoms with E-state index in [0.29, 0.717) is 0 Å². The summed E-state index contributed by atoms with van der Waals surface area (Å²) < 4.78 is 40.7. The number of benzene rings is 1. The van der Waals surface area contributed by atoms with Gasteiger partial charge in [0.2, 0.25) is 10.0 Å². The van der Waals surface area contributed by atoms with Gasteiger partial charge in [-0.15, -0.1) is 0 Å². The van der Waals surface area contributed by atoms with Gasteiger partial charge in [0.1, 0.15) is 10.7 Å². The van der Waals surface area contributed by atoms with Crippen molar-refractivity contribution in [2.45, 2.75) is 38.6 Å². The first kappa shape index (κ1) is 14.3. The quantitative estimate of drug-likeness (QED) is 0.836. The molecule has 0 aliphatic heterocycles. The van der Waals surface area contributed by atoms with E-state index in [2.05, 4.69) is 4.72 Å². The van der Waals surface area contributed by atoms with Crippen molar-refractivity contribution in [1.82, 2.24) is 4.72 Å². The molecule has 106 valence electrons. The molecular formula is C13H19FN2O2S. The van der Waals surface area contributed by atoms with E-state index in [1.807, 2.05) is 27.7 Å². The molecule has 1 aliphatic carbocycles. The van der Waals surface area contributed by atoms with Crippen LogP contribution in [0.15, 0.2) is 23.1 Å². The maximum Gasteiger partial charge on any atom is 0.243 e. The molecule has 0 heterocycles. The predicted molar refractivity (Wildman–Crippen MR) is 72.5 cm³/mol. The lowest BCUT2D eigenvalue weighted by molar-refractivity contribution is 0.457. The van der Waals surface area contributed by atoms with Crippen molar-refractivity contribution in [2.75, 3.05) is 5.73 Å². The Balaban J connectivity index is 2.33. The molecular weight excluding hydrogens is 267 g/mol. The van der Waals surface area contributed by atoms with Crippen molar-refractivity contribution in [3.05, 3.63) is 24.0 Å². The number of sulfonamides is 1. The molecule has 0 amide bonds. The van der Waals surface area contributed by atoms with E-state index in [1.54, 1.807) is 0 Å². The molecule has 1 aromatic carbocycles. The van der Waals surface area contributed by atoms with Crippen LogP contribution in [0, 0.1) is 16.6 Å². The van der Waals surface area contributed by atoms with Gasteiger partial charge in [0.05, 0.1) is 0 Å². The summed E-state index contributed by atoms with van der Waals surface area (Å²) in [7, 11) is -3.90. The van der Waals surface area contributed by atoms with Crippen LogP contribution in [0.4, 0.5) is 10.1 Å².